The number of hydrogen-bond acceptors (Lipinski definition) is 3. The van der Waals surface area contributed by atoms with E-state index in [1.54, 1.807) is 49.6 Å². The van der Waals surface area contributed by atoms with Crippen molar-refractivity contribution in [1.29, 1.82) is 0 Å². The van der Waals surface area contributed by atoms with Gasteiger partial charge in [0.1, 0.15) is 5.75 Å². The number of hydrogen-bond donors (Lipinski definition) is 3. The molecule has 0 bridgehead atoms. The Bertz CT molecular complexity index is 701. The van der Waals surface area contributed by atoms with E-state index in [0.717, 1.165) is 0 Å². The normalized spacial score (nSPS) is 11.7. The van der Waals surface area contributed by atoms with Gasteiger partial charge in [0.05, 0.1) is 0 Å². The molecule has 0 fully saturated rings. The molecule has 0 heterocycles. The van der Waals surface area contributed by atoms with Gasteiger partial charge in [-0.25, -0.2) is 4.79 Å². The third-order valence-corrected chi connectivity index (χ3v) is 3.80. The summed E-state index contributed by atoms with van der Waals surface area (Å²) in [5.41, 5.74) is 1.82. The third kappa shape index (κ3) is 4.06. The van der Waals surface area contributed by atoms with Gasteiger partial charge in [0, 0.05) is 33.3 Å². The maximum atomic E-state index is 11.9. The molecule has 2 rings (SSSR count). The maximum Gasteiger partial charge on any atom is 0.323 e. The fourth-order valence-corrected chi connectivity index (χ4v) is 2.34. The summed E-state index contributed by atoms with van der Waals surface area (Å²) in [6, 6.07) is 11.3. The summed E-state index contributed by atoms with van der Waals surface area (Å²) >= 11 is 0. The van der Waals surface area contributed by atoms with Crippen LogP contribution in [0.2, 0.25) is 0 Å². The molecule has 0 saturated carbocycles. The molecule has 2 amide bonds. The number of carbonyl (C=O) groups is 1. The Hall–Kier alpha value is -2.34. The van der Waals surface area contributed by atoms with Crippen LogP contribution in [-0.4, -0.2) is 21.6 Å². The van der Waals surface area contributed by atoms with Crippen LogP contribution in [0.4, 0.5) is 16.2 Å². The standard InChI is InChI=1S/C15H16N2O3S/c1-10-8-12(6-7-14(10)18)17-15(19)16-11-4-3-5-13(9-11)21(2)20/h3-9,18H,1-2H3,(H2,16,17,19)/t21-/m1/s1. The minimum absolute atomic E-state index is 0.180. The van der Waals surface area contributed by atoms with E-state index in [4.69, 9.17) is 0 Å². The zero-order chi connectivity index (χ0) is 15.4. The van der Waals surface area contributed by atoms with Gasteiger partial charge in [-0.15, -0.1) is 0 Å². The average Bonchev–Trinajstić information content (AvgIpc) is 2.43. The first kappa shape index (κ1) is 15.1. The van der Waals surface area contributed by atoms with Gasteiger partial charge in [0.25, 0.3) is 0 Å². The number of anilines is 2. The van der Waals surface area contributed by atoms with Crippen LogP contribution >= 0.6 is 0 Å². The van der Waals surface area contributed by atoms with E-state index >= 15 is 0 Å². The molecule has 0 radical (unpaired) electrons. The van der Waals surface area contributed by atoms with E-state index in [-0.39, 0.29) is 5.75 Å². The predicted molar refractivity (Wildman–Crippen MR) is 84.3 cm³/mol. The first-order valence-corrected chi connectivity index (χ1v) is 7.82. The number of benzene rings is 2. The van der Waals surface area contributed by atoms with Gasteiger partial charge < -0.3 is 15.7 Å². The van der Waals surface area contributed by atoms with E-state index in [0.29, 0.717) is 21.8 Å². The molecule has 5 nitrogen and oxygen atoms in total. The van der Waals surface area contributed by atoms with E-state index in [1.165, 1.54) is 6.07 Å². The third-order valence-electron chi connectivity index (χ3n) is 2.88. The van der Waals surface area contributed by atoms with Crippen molar-refractivity contribution in [3.05, 3.63) is 48.0 Å². The molecule has 0 aliphatic rings. The summed E-state index contributed by atoms with van der Waals surface area (Å²) in [5.74, 6) is 0.180. The molecule has 1 atom stereocenters. The molecule has 0 aliphatic heterocycles. The molecule has 0 aromatic heterocycles. The highest BCUT2D eigenvalue weighted by atomic mass is 32.2. The van der Waals surface area contributed by atoms with Crippen molar-refractivity contribution in [2.75, 3.05) is 16.9 Å². The van der Waals surface area contributed by atoms with Crippen LogP contribution in [0.5, 0.6) is 5.75 Å². The molecule has 0 aliphatic carbocycles. The van der Waals surface area contributed by atoms with Gasteiger partial charge >= 0.3 is 6.03 Å². The Labute approximate surface area is 125 Å². The summed E-state index contributed by atoms with van der Waals surface area (Å²) in [4.78, 5) is 12.5. The second-order valence-electron chi connectivity index (χ2n) is 4.56. The lowest BCUT2D eigenvalue weighted by atomic mass is 10.2. The summed E-state index contributed by atoms with van der Waals surface area (Å²) in [6.07, 6.45) is 1.58. The number of nitrogens with one attached hydrogen (secondary N) is 2. The van der Waals surface area contributed by atoms with Gasteiger partial charge in [-0.2, -0.15) is 0 Å². The van der Waals surface area contributed by atoms with Crippen molar-refractivity contribution in [2.24, 2.45) is 0 Å². The first-order valence-electron chi connectivity index (χ1n) is 6.27. The fraction of sp³-hybridized carbons (Fsp3) is 0.133. The molecule has 2 aromatic carbocycles. The van der Waals surface area contributed by atoms with Crippen LogP contribution in [-0.2, 0) is 10.8 Å². The van der Waals surface area contributed by atoms with Crippen LogP contribution < -0.4 is 10.6 Å². The Morgan fingerprint density at radius 1 is 1.10 bits per heavy atom. The maximum absolute atomic E-state index is 11.9. The topological polar surface area (TPSA) is 78.4 Å². The number of rotatable bonds is 3. The highest BCUT2D eigenvalue weighted by Crippen LogP contribution is 2.20. The van der Waals surface area contributed by atoms with Gasteiger partial charge in [0.15, 0.2) is 0 Å². The molecule has 21 heavy (non-hydrogen) atoms. The van der Waals surface area contributed by atoms with Crippen LogP contribution in [0, 0.1) is 6.92 Å². The van der Waals surface area contributed by atoms with Gasteiger partial charge in [-0.1, -0.05) is 6.07 Å². The quantitative estimate of drug-likeness (QED) is 0.762. The van der Waals surface area contributed by atoms with Crippen LogP contribution in [0.1, 0.15) is 5.56 Å². The summed E-state index contributed by atoms with van der Waals surface area (Å²) in [7, 11) is -1.10. The number of aryl methyl sites for hydroxylation is 1. The minimum atomic E-state index is -1.10. The molecule has 110 valence electrons. The molecular weight excluding hydrogens is 288 g/mol. The first-order chi connectivity index (χ1) is 9.95. The SMILES string of the molecule is Cc1cc(NC(=O)Nc2cccc([S@@](C)=O)c2)ccc1O. The van der Waals surface area contributed by atoms with Crippen LogP contribution in [0.25, 0.3) is 0 Å². The van der Waals surface area contributed by atoms with Crippen molar-refractivity contribution in [2.45, 2.75) is 11.8 Å². The molecule has 0 unspecified atom stereocenters. The van der Waals surface area contributed by atoms with Crippen molar-refractivity contribution >= 4 is 28.2 Å². The fourth-order valence-electron chi connectivity index (χ4n) is 1.78. The van der Waals surface area contributed by atoms with Crippen LogP contribution in [0.15, 0.2) is 47.4 Å². The molecule has 0 saturated heterocycles. The number of urea groups is 1. The van der Waals surface area contributed by atoms with Gasteiger partial charge in [-0.3, -0.25) is 4.21 Å². The lowest BCUT2D eigenvalue weighted by Gasteiger charge is -2.09. The zero-order valence-electron chi connectivity index (χ0n) is 11.7. The van der Waals surface area contributed by atoms with E-state index < -0.39 is 16.8 Å². The van der Waals surface area contributed by atoms with Crippen molar-refractivity contribution in [1.82, 2.24) is 0 Å². The molecule has 2 aromatic rings. The summed E-state index contributed by atoms with van der Waals surface area (Å²) < 4.78 is 11.4. The Kier molecular flexibility index (Phi) is 4.59. The van der Waals surface area contributed by atoms with E-state index in [2.05, 4.69) is 10.6 Å². The lowest BCUT2D eigenvalue weighted by Crippen LogP contribution is -2.19. The molecule has 0 spiro atoms. The van der Waals surface area contributed by atoms with Crippen molar-refractivity contribution in [3.63, 3.8) is 0 Å². The molecular formula is C15H16N2O3S. The Morgan fingerprint density at radius 2 is 1.76 bits per heavy atom. The second-order valence-corrected chi connectivity index (χ2v) is 5.94. The van der Waals surface area contributed by atoms with Crippen molar-refractivity contribution in [3.8, 4) is 5.75 Å². The van der Waals surface area contributed by atoms with Gasteiger partial charge in [-0.05, 0) is 48.9 Å². The number of amides is 2. The van der Waals surface area contributed by atoms with E-state index in [9.17, 15) is 14.1 Å². The number of phenols is 1. The van der Waals surface area contributed by atoms with E-state index in [1.807, 2.05) is 0 Å². The number of aromatic hydroxyl groups is 1. The lowest BCUT2D eigenvalue weighted by molar-refractivity contribution is 0.262. The zero-order valence-corrected chi connectivity index (χ0v) is 12.5. The summed E-state index contributed by atoms with van der Waals surface area (Å²) in [6.45, 7) is 1.75. The van der Waals surface area contributed by atoms with Crippen molar-refractivity contribution < 1.29 is 14.1 Å². The number of phenolic OH excluding ortho intramolecular Hbond substituents is 1. The second kappa shape index (κ2) is 6.41. The smallest absolute Gasteiger partial charge is 0.323 e. The Balaban J connectivity index is 2.06. The van der Waals surface area contributed by atoms with Crippen LogP contribution in [0.3, 0.4) is 0 Å². The highest BCUT2D eigenvalue weighted by Gasteiger charge is 2.05. The number of carbonyl (C=O) groups excluding carboxylic acids is 1. The predicted octanol–water partition coefficient (Wildman–Crippen LogP) is 3.08. The molecule has 6 heteroatoms. The monoisotopic (exact) mass is 304 g/mol. The minimum Gasteiger partial charge on any atom is -0.508 e. The summed E-state index contributed by atoms with van der Waals surface area (Å²) in [5, 5.41) is 14.8. The highest BCUT2D eigenvalue weighted by molar-refractivity contribution is 7.84. The van der Waals surface area contributed by atoms with Gasteiger partial charge in [0.2, 0.25) is 0 Å². The largest absolute Gasteiger partial charge is 0.508 e. The average molecular weight is 304 g/mol. The Morgan fingerprint density at radius 3 is 2.38 bits per heavy atom. The molecule has 3 N–H and O–H groups in total.